The van der Waals surface area contributed by atoms with Gasteiger partial charge in [0.2, 0.25) is 5.91 Å². The van der Waals surface area contributed by atoms with Crippen LogP contribution in [0, 0.1) is 6.92 Å². The molecule has 54 heavy (non-hydrogen) atoms. The molecule has 2 aliphatic heterocycles. The predicted octanol–water partition coefficient (Wildman–Crippen LogP) is 6.87. The molecule has 0 fully saturated rings. The molecule has 0 spiro atoms. The lowest BCUT2D eigenvalue weighted by molar-refractivity contribution is -0.122. The molecule has 4 heterocycles. The largest absolute Gasteiger partial charge is 0.508 e. The van der Waals surface area contributed by atoms with Gasteiger partial charge in [-0.05, 0) is 84.7 Å². The fraction of sp³-hybridized carbons (Fsp3) is 0.0789. The number of amides is 1. The number of carbonyl (C=O) groups is 2. The Labute approximate surface area is 319 Å². The number of nitrogens with one attached hydrogen (secondary N) is 3. The number of hydrazine groups is 1. The monoisotopic (exact) mass is 775 g/mol. The van der Waals surface area contributed by atoms with Gasteiger partial charge >= 0.3 is 5.97 Å². The Morgan fingerprint density at radius 3 is 2.56 bits per heavy atom. The Bertz CT molecular complexity index is 2720. The summed E-state index contributed by atoms with van der Waals surface area (Å²) in [6, 6.07) is 22.0. The number of phenols is 1. The number of fused-ring (bicyclic) bond motifs is 5. The average molecular weight is 776 g/mol. The van der Waals surface area contributed by atoms with E-state index in [-0.39, 0.29) is 39.6 Å². The highest BCUT2D eigenvalue weighted by Crippen LogP contribution is 2.42. The number of thiocarbonyl (C=S) groups is 1. The molecule has 3 aromatic carbocycles. The fourth-order valence-electron chi connectivity index (χ4n) is 6.44. The van der Waals surface area contributed by atoms with Crippen LogP contribution in [-0.2, 0) is 4.79 Å². The van der Waals surface area contributed by atoms with Crippen LogP contribution in [0.3, 0.4) is 0 Å². The van der Waals surface area contributed by atoms with Crippen molar-refractivity contribution < 1.29 is 24.2 Å². The number of carbonyl (C=O) groups excluding carboxylic acids is 1. The van der Waals surface area contributed by atoms with Gasteiger partial charge < -0.3 is 19.9 Å². The van der Waals surface area contributed by atoms with Crippen LogP contribution in [0.15, 0.2) is 105 Å². The highest BCUT2D eigenvalue weighted by molar-refractivity contribution is 7.80. The number of aliphatic imine (C=N–C) groups is 1. The molecule has 16 heteroatoms. The van der Waals surface area contributed by atoms with Crippen molar-refractivity contribution in [3.05, 3.63) is 134 Å². The average Bonchev–Trinajstić information content (AvgIpc) is 3.75. The first kappa shape index (κ1) is 34.7. The molecule has 1 aliphatic carbocycles. The summed E-state index contributed by atoms with van der Waals surface area (Å²) in [7, 11) is 0. The zero-order valence-electron chi connectivity index (χ0n) is 28.0. The Balaban J connectivity index is 1.03. The standard InChI is InChI=1S/C38H26ClN7O6S2/c1-18-42-44-35-29(41-34(19-2-4-20(39)5-3-19)27-12-13-54-36(27)46(18)35)17-32(49)43-45-38(53)40-21-6-9-24(28(14-21)37(50)51)33-25-10-7-22(47)15-30(25)52-31-16-23(48)8-11-26(31)33/h2-16,29,47H,17H2,1H3,(H,43,49)(H,50,51)(H2,40,45,53)/t29-/m0/s1. The van der Waals surface area contributed by atoms with Crippen LogP contribution >= 0.6 is 35.2 Å². The van der Waals surface area contributed by atoms with Crippen molar-refractivity contribution in [2.75, 3.05) is 5.32 Å². The Hall–Kier alpha value is -6.42. The van der Waals surface area contributed by atoms with E-state index in [0.29, 0.717) is 50.1 Å². The van der Waals surface area contributed by atoms with Gasteiger partial charge in [0.15, 0.2) is 16.4 Å². The van der Waals surface area contributed by atoms with E-state index in [1.165, 1.54) is 41.7 Å². The summed E-state index contributed by atoms with van der Waals surface area (Å²) < 4.78 is 7.82. The number of rotatable bonds is 6. The number of nitrogens with zero attached hydrogens (tertiary/aromatic N) is 4. The molecule has 0 saturated carbocycles. The van der Waals surface area contributed by atoms with Gasteiger partial charge in [-0.3, -0.25) is 30.0 Å². The number of halogens is 1. The molecule has 0 unspecified atom stereocenters. The van der Waals surface area contributed by atoms with Crippen LogP contribution in [-0.4, -0.2) is 47.7 Å². The lowest BCUT2D eigenvalue weighted by atomic mass is 9.90. The van der Waals surface area contributed by atoms with Gasteiger partial charge in [0.1, 0.15) is 34.0 Å². The summed E-state index contributed by atoms with van der Waals surface area (Å²) >= 11 is 13.1. The highest BCUT2D eigenvalue weighted by Gasteiger charge is 2.30. The number of thiophene rings is 1. The molecule has 5 aromatic rings. The van der Waals surface area contributed by atoms with E-state index in [2.05, 4.69) is 26.4 Å². The van der Waals surface area contributed by atoms with Crippen LogP contribution in [0.4, 0.5) is 5.69 Å². The molecular formula is C38H26ClN7O6S2. The van der Waals surface area contributed by atoms with Gasteiger partial charge in [0.25, 0.3) is 0 Å². The van der Waals surface area contributed by atoms with Gasteiger partial charge in [0, 0.05) is 50.5 Å². The molecule has 0 saturated heterocycles. The molecule has 1 amide bonds. The summed E-state index contributed by atoms with van der Waals surface area (Å²) in [5, 5.41) is 36.0. The van der Waals surface area contributed by atoms with E-state index >= 15 is 0 Å². The molecule has 13 nitrogen and oxygen atoms in total. The van der Waals surface area contributed by atoms with Crippen molar-refractivity contribution in [3.8, 4) is 33.2 Å². The van der Waals surface area contributed by atoms with E-state index in [9.17, 15) is 24.6 Å². The Kier molecular flexibility index (Phi) is 8.89. The summed E-state index contributed by atoms with van der Waals surface area (Å²) in [5.41, 5.74) is 9.27. The number of anilines is 1. The molecule has 1 atom stereocenters. The number of phenolic OH excluding ortho intramolecular Hbond substituents is 1. The predicted molar refractivity (Wildman–Crippen MR) is 209 cm³/mol. The number of carboxylic acids is 1. The van der Waals surface area contributed by atoms with E-state index in [1.54, 1.807) is 36.4 Å². The van der Waals surface area contributed by atoms with E-state index in [1.807, 2.05) is 35.1 Å². The van der Waals surface area contributed by atoms with Crippen LogP contribution in [0.2, 0.25) is 5.02 Å². The molecule has 8 rings (SSSR count). The zero-order valence-corrected chi connectivity index (χ0v) is 30.3. The molecular weight excluding hydrogens is 750 g/mol. The second kappa shape index (κ2) is 13.9. The van der Waals surface area contributed by atoms with Gasteiger partial charge in [-0.1, -0.05) is 29.8 Å². The SMILES string of the molecule is Cc1nnc2n1-c1sccc1C(c1ccc(Cl)cc1)=N[C@H]2CC(=O)NNC(=S)Nc1ccc(-c2c3ccc(=O)cc-3oc3cc(O)ccc23)c(C(=O)O)c1. The first-order chi connectivity index (χ1) is 26.0. The van der Waals surface area contributed by atoms with Crippen molar-refractivity contribution in [1.29, 1.82) is 0 Å². The third kappa shape index (κ3) is 6.44. The maximum absolute atomic E-state index is 13.4. The van der Waals surface area contributed by atoms with Crippen molar-refractivity contribution in [2.45, 2.75) is 19.4 Å². The number of aryl methyl sites for hydroxylation is 1. The van der Waals surface area contributed by atoms with Crippen LogP contribution in [0.1, 0.15) is 45.6 Å². The van der Waals surface area contributed by atoms with Crippen molar-refractivity contribution in [2.24, 2.45) is 4.99 Å². The number of hydrogen-bond donors (Lipinski definition) is 5. The van der Waals surface area contributed by atoms with E-state index in [4.69, 9.17) is 33.2 Å². The lowest BCUT2D eigenvalue weighted by Crippen LogP contribution is -2.44. The van der Waals surface area contributed by atoms with Crippen molar-refractivity contribution in [3.63, 3.8) is 0 Å². The zero-order chi connectivity index (χ0) is 37.7. The lowest BCUT2D eigenvalue weighted by Gasteiger charge is -2.18. The second-order valence-electron chi connectivity index (χ2n) is 12.3. The Morgan fingerprint density at radius 1 is 0.963 bits per heavy atom. The van der Waals surface area contributed by atoms with Crippen molar-refractivity contribution >= 4 is 74.5 Å². The molecule has 0 radical (unpaired) electrons. The summed E-state index contributed by atoms with van der Waals surface area (Å²) in [6.45, 7) is 1.84. The minimum Gasteiger partial charge on any atom is -0.508 e. The number of benzene rings is 4. The molecule has 0 bridgehead atoms. The first-order valence-electron chi connectivity index (χ1n) is 16.3. The highest BCUT2D eigenvalue weighted by atomic mass is 35.5. The third-order valence-electron chi connectivity index (χ3n) is 8.80. The van der Waals surface area contributed by atoms with Gasteiger partial charge in [-0.2, -0.15) is 0 Å². The molecule has 3 aliphatic rings. The summed E-state index contributed by atoms with van der Waals surface area (Å²) in [6.07, 6.45) is -0.103. The molecule has 2 aromatic heterocycles. The fourth-order valence-corrected chi connectivity index (χ4v) is 7.69. The van der Waals surface area contributed by atoms with Crippen LogP contribution in [0.25, 0.3) is 38.4 Å². The summed E-state index contributed by atoms with van der Waals surface area (Å²) in [4.78, 5) is 43.2. The number of carboxylic acid groups (broad SMARTS) is 1. The molecule has 5 N–H and O–H groups in total. The number of aromatic carboxylic acids is 1. The van der Waals surface area contributed by atoms with Gasteiger partial charge in [-0.15, -0.1) is 21.5 Å². The van der Waals surface area contributed by atoms with Gasteiger partial charge in [0.05, 0.1) is 17.7 Å². The smallest absolute Gasteiger partial charge is 0.336 e. The topological polar surface area (TPSA) is 184 Å². The second-order valence-corrected chi connectivity index (χ2v) is 14.0. The van der Waals surface area contributed by atoms with E-state index in [0.717, 1.165) is 16.1 Å². The number of aromatic hydroxyl groups is 1. The van der Waals surface area contributed by atoms with E-state index < -0.39 is 17.9 Å². The molecule has 268 valence electrons. The van der Waals surface area contributed by atoms with Crippen LogP contribution in [0.5, 0.6) is 5.75 Å². The minimum absolute atomic E-state index is 0.00675. The minimum atomic E-state index is -1.22. The third-order valence-corrected chi connectivity index (χ3v) is 10.2. The van der Waals surface area contributed by atoms with Crippen LogP contribution < -0.4 is 21.6 Å². The number of hydrogen-bond acceptors (Lipinski definition) is 10. The first-order valence-corrected chi connectivity index (χ1v) is 18.0. The Morgan fingerprint density at radius 2 is 1.76 bits per heavy atom. The quantitative estimate of drug-likeness (QED) is 0.0675. The maximum Gasteiger partial charge on any atom is 0.336 e. The normalized spacial score (nSPS) is 13.4. The van der Waals surface area contributed by atoms with Crippen molar-refractivity contribution in [1.82, 2.24) is 25.6 Å². The maximum atomic E-state index is 13.4. The van der Waals surface area contributed by atoms with Gasteiger partial charge in [-0.25, -0.2) is 4.79 Å². The summed E-state index contributed by atoms with van der Waals surface area (Å²) in [5.74, 6) is -0.320. The number of aromatic nitrogens is 3.